The fourth-order valence-electron chi connectivity index (χ4n) is 3.36. The third kappa shape index (κ3) is 3.49. The molecule has 0 bridgehead atoms. The van der Waals surface area contributed by atoms with Gasteiger partial charge >= 0.3 is 0 Å². The van der Waals surface area contributed by atoms with Gasteiger partial charge in [0.1, 0.15) is 11.7 Å². The van der Waals surface area contributed by atoms with Crippen LogP contribution in [-0.2, 0) is 4.79 Å². The summed E-state index contributed by atoms with van der Waals surface area (Å²) >= 11 is 0. The Morgan fingerprint density at radius 3 is 2.50 bits per heavy atom. The molecule has 2 N–H and O–H groups in total. The van der Waals surface area contributed by atoms with E-state index in [4.69, 9.17) is 0 Å². The topological polar surface area (TPSA) is 105 Å². The maximum absolute atomic E-state index is 12.9. The number of likely N-dealkylation sites (tertiary alicyclic amines) is 1. The van der Waals surface area contributed by atoms with E-state index >= 15 is 0 Å². The third-order valence-electron chi connectivity index (χ3n) is 5.12. The van der Waals surface area contributed by atoms with E-state index in [0.717, 1.165) is 32.1 Å². The zero-order valence-electron chi connectivity index (χ0n) is 14.4. The molecule has 3 fully saturated rings. The quantitative estimate of drug-likeness (QED) is 0.598. The zero-order valence-corrected chi connectivity index (χ0v) is 14.4. The van der Waals surface area contributed by atoms with Gasteiger partial charge in [0.05, 0.1) is 4.92 Å². The molecule has 1 atom stereocenters. The van der Waals surface area contributed by atoms with Crippen LogP contribution in [0.3, 0.4) is 0 Å². The zero-order chi connectivity index (χ0) is 18.3. The van der Waals surface area contributed by atoms with E-state index in [9.17, 15) is 19.7 Å². The van der Waals surface area contributed by atoms with Crippen LogP contribution >= 0.6 is 0 Å². The monoisotopic (exact) mass is 358 g/mol. The van der Waals surface area contributed by atoms with Crippen molar-refractivity contribution in [2.45, 2.75) is 56.7 Å². The van der Waals surface area contributed by atoms with E-state index in [0.29, 0.717) is 18.7 Å². The molecule has 138 valence electrons. The minimum Gasteiger partial charge on any atom is -0.377 e. The molecule has 8 nitrogen and oxygen atoms in total. The van der Waals surface area contributed by atoms with Crippen molar-refractivity contribution in [3.8, 4) is 0 Å². The highest BCUT2D eigenvalue weighted by Crippen LogP contribution is 2.32. The van der Waals surface area contributed by atoms with Crippen molar-refractivity contribution in [1.82, 2.24) is 10.2 Å². The molecule has 1 aliphatic heterocycles. The van der Waals surface area contributed by atoms with E-state index in [1.807, 2.05) is 0 Å². The van der Waals surface area contributed by atoms with Crippen LogP contribution in [-0.4, -0.2) is 46.3 Å². The Kier molecular flexibility index (Phi) is 4.26. The van der Waals surface area contributed by atoms with Crippen LogP contribution in [0.2, 0.25) is 0 Å². The Labute approximate surface area is 151 Å². The summed E-state index contributed by atoms with van der Waals surface area (Å²) in [7, 11) is 0. The van der Waals surface area contributed by atoms with E-state index in [2.05, 4.69) is 10.6 Å². The fraction of sp³-hybridized carbons (Fsp3) is 0.556. The average molecular weight is 358 g/mol. The number of hydrogen-bond acceptors (Lipinski definition) is 5. The summed E-state index contributed by atoms with van der Waals surface area (Å²) in [5, 5.41) is 17.5. The standard InChI is InChI=1S/C18H22N4O4/c23-17(20-13-6-7-13)15-2-1-9-21(15)18(24)11-3-8-14(19-12-4-5-12)16(10-11)22(25)26/h3,8,10,12-13,15,19H,1-2,4-7,9H2,(H,20,23). The largest absolute Gasteiger partial charge is 0.377 e. The molecule has 2 amide bonds. The summed E-state index contributed by atoms with van der Waals surface area (Å²) in [5.74, 6) is -0.431. The first-order chi connectivity index (χ1) is 12.5. The molecule has 1 heterocycles. The predicted octanol–water partition coefficient (Wildman–Crippen LogP) is 2.05. The Hall–Kier alpha value is -2.64. The molecular weight excluding hydrogens is 336 g/mol. The Morgan fingerprint density at radius 1 is 1.12 bits per heavy atom. The van der Waals surface area contributed by atoms with Gasteiger partial charge in [0.2, 0.25) is 5.91 Å². The van der Waals surface area contributed by atoms with Gasteiger partial charge in [-0.05, 0) is 50.7 Å². The Balaban J connectivity index is 1.53. The second-order valence-corrected chi connectivity index (χ2v) is 7.35. The number of benzene rings is 1. The van der Waals surface area contributed by atoms with Gasteiger partial charge in [-0.1, -0.05) is 0 Å². The fourth-order valence-corrected chi connectivity index (χ4v) is 3.36. The SMILES string of the molecule is O=C(NC1CC1)C1CCCN1C(=O)c1ccc(NC2CC2)c([N+](=O)[O-])c1. The van der Waals surface area contributed by atoms with Crippen LogP contribution in [0.15, 0.2) is 18.2 Å². The first-order valence-electron chi connectivity index (χ1n) is 9.19. The minimum atomic E-state index is -0.480. The van der Waals surface area contributed by atoms with Gasteiger partial charge in [-0.3, -0.25) is 19.7 Å². The van der Waals surface area contributed by atoms with Gasteiger partial charge in [-0.15, -0.1) is 0 Å². The predicted molar refractivity (Wildman–Crippen MR) is 95.0 cm³/mol. The van der Waals surface area contributed by atoms with Crippen molar-refractivity contribution in [1.29, 1.82) is 0 Å². The number of nitro benzene ring substituents is 1. The summed E-state index contributed by atoms with van der Waals surface area (Å²) < 4.78 is 0. The molecule has 0 spiro atoms. The maximum Gasteiger partial charge on any atom is 0.293 e. The highest BCUT2D eigenvalue weighted by molar-refractivity contribution is 5.99. The second kappa shape index (κ2) is 6.59. The van der Waals surface area contributed by atoms with Crippen LogP contribution in [0, 0.1) is 10.1 Å². The second-order valence-electron chi connectivity index (χ2n) is 7.35. The molecule has 4 rings (SSSR count). The van der Waals surface area contributed by atoms with E-state index in [-0.39, 0.29) is 35.1 Å². The number of anilines is 1. The molecule has 26 heavy (non-hydrogen) atoms. The number of amides is 2. The van der Waals surface area contributed by atoms with Crippen LogP contribution in [0.4, 0.5) is 11.4 Å². The number of nitro groups is 1. The Bertz CT molecular complexity index is 758. The van der Waals surface area contributed by atoms with Crippen molar-refractivity contribution in [2.75, 3.05) is 11.9 Å². The molecule has 2 aliphatic carbocycles. The van der Waals surface area contributed by atoms with Gasteiger partial charge in [0.15, 0.2) is 0 Å². The van der Waals surface area contributed by atoms with Crippen molar-refractivity contribution >= 4 is 23.2 Å². The van der Waals surface area contributed by atoms with Crippen LogP contribution in [0.25, 0.3) is 0 Å². The number of hydrogen-bond donors (Lipinski definition) is 2. The lowest BCUT2D eigenvalue weighted by Gasteiger charge is -2.24. The smallest absolute Gasteiger partial charge is 0.293 e. The van der Waals surface area contributed by atoms with Crippen LogP contribution < -0.4 is 10.6 Å². The lowest BCUT2D eigenvalue weighted by Crippen LogP contribution is -2.46. The van der Waals surface area contributed by atoms with Crippen molar-refractivity contribution < 1.29 is 14.5 Å². The summed E-state index contributed by atoms with van der Waals surface area (Å²) in [5.41, 5.74) is 0.601. The molecule has 3 aliphatic rings. The van der Waals surface area contributed by atoms with Crippen molar-refractivity contribution in [3.05, 3.63) is 33.9 Å². The molecule has 8 heteroatoms. The highest BCUT2D eigenvalue weighted by atomic mass is 16.6. The maximum atomic E-state index is 12.9. The van der Waals surface area contributed by atoms with Gasteiger partial charge in [0, 0.05) is 30.3 Å². The molecule has 1 aromatic rings. The molecule has 0 aromatic heterocycles. The molecule has 2 saturated carbocycles. The molecule has 0 radical (unpaired) electrons. The first-order valence-corrected chi connectivity index (χ1v) is 9.19. The van der Waals surface area contributed by atoms with Gasteiger partial charge in [-0.25, -0.2) is 0 Å². The molecular formula is C18H22N4O4. The van der Waals surface area contributed by atoms with Gasteiger partial charge in [0.25, 0.3) is 11.6 Å². The van der Waals surface area contributed by atoms with Crippen molar-refractivity contribution in [2.24, 2.45) is 0 Å². The lowest BCUT2D eigenvalue weighted by atomic mass is 10.1. The average Bonchev–Trinajstić information content (AvgIpc) is 3.55. The van der Waals surface area contributed by atoms with E-state index in [1.165, 1.54) is 6.07 Å². The van der Waals surface area contributed by atoms with E-state index < -0.39 is 11.0 Å². The Morgan fingerprint density at radius 2 is 1.85 bits per heavy atom. The van der Waals surface area contributed by atoms with Gasteiger partial charge < -0.3 is 15.5 Å². The summed E-state index contributed by atoms with van der Waals surface area (Å²) in [6.45, 7) is 0.497. The number of carbonyl (C=O) groups is 2. The molecule has 1 aromatic carbocycles. The van der Waals surface area contributed by atoms with Gasteiger partial charge in [-0.2, -0.15) is 0 Å². The molecule has 1 unspecified atom stereocenters. The number of nitrogens with one attached hydrogen (secondary N) is 2. The summed E-state index contributed by atoms with van der Waals surface area (Å²) in [4.78, 5) is 37.7. The summed E-state index contributed by atoms with van der Waals surface area (Å²) in [6, 6.07) is 4.57. The van der Waals surface area contributed by atoms with Crippen LogP contribution in [0.1, 0.15) is 48.9 Å². The number of nitrogens with zero attached hydrogens (tertiary/aromatic N) is 2. The molecule has 1 saturated heterocycles. The third-order valence-corrected chi connectivity index (χ3v) is 5.12. The lowest BCUT2D eigenvalue weighted by molar-refractivity contribution is -0.384. The summed E-state index contributed by atoms with van der Waals surface area (Å²) in [6.07, 6.45) is 5.39. The van der Waals surface area contributed by atoms with E-state index in [1.54, 1.807) is 17.0 Å². The normalized spacial score (nSPS) is 22.2. The minimum absolute atomic E-state index is 0.0964. The van der Waals surface area contributed by atoms with Crippen molar-refractivity contribution in [3.63, 3.8) is 0 Å². The number of carbonyl (C=O) groups excluding carboxylic acids is 2. The highest BCUT2D eigenvalue weighted by Gasteiger charge is 2.37. The number of rotatable bonds is 6. The first kappa shape index (κ1) is 16.8. The van der Waals surface area contributed by atoms with Crippen LogP contribution in [0.5, 0.6) is 0 Å².